The maximum Gasteiger partial charge on any atom is 0.223 e. The normalized spacial score (nSPS) is 14.8. The molecular weight excluding hydrogens is 721 g/mol. The van der Waals surface area contributed by atoms with E-state index in [9.17, 15) is 9.59 Å². The lowest BCUT2D eigenvalue weighted by Crippen LogP contribution is -2.72. The lowest BCUT2D eigenvalue weighted by molar-refractivity contribution is -0.671. The summed E-state index contributed by atoms with van der Waals surface area (Å²) in [6.07, 6.45) is 27.4. The van der Waals surface area contributed by atoms with Gasteiger partial charge in [0.2, 0.25) is 11.8 Å². The molecule has 0 spiro atoms. The molecule has 0 saturated heterocycles. The fraction of sp³-hybridized carbons (Fsp3) is 0.444. The first-order chi connectivity index (χ1) is 26.5. The predicted molar refractivity (Wildman–Crippen MR) is 237 cm³/mol. The molecule has 298 valence electrons. The van der Waals surface area contributed by atoms with Crippen molar-refractivity contribution in [3.05, 3.63) is 119 Å². The number of rotatable bonds is 23. The Morgan fingerprint density at radius 3 is 1.89 bits per heavy atom. The van der Waals surface area contributed by atoms with Crippen LogP contribution >= 0.6 is 21.6 Å². The van der Waals surface area contributed by atoms with E-state index in [1.807, 2.05) is 60.3 Å². The first-order valence-corrected chi connectivity index (χ1v) is 22.1. The van der Waals surface area contributed by atoms with Gasteiger partial charge in [-0.25, -0.2) is 4.57 Å². The van der Waals surface area contributed by atoms with Gasteiger partial charge in [0.15, 0.2) is 12.4 Å². The van der Waals surface area contributed by atoms with Crippen LogP contribution in [0.5, 0.6) is 0 Å². The van der Waals surface area contributed by atoms with Crippen LogP contribution < -0.4 is 14.8 Å². The van der Waals surface area contributed by atoms with Gasteiger partial charge in [0.05, 0.1) is 13.2 Å². The monoisotopic (exact) mass is 786 g/mol. The second-order valence-corrected chi connectivity index (χ2v) is 17.0. The number of hydrogen-bond acceptors (Lipinski definition) is 6. The van der Waals surface area contributed by atoms with E-state index in [1.165, 1.54) is 28.1 Å². The van der Waals surface area contributed by atoms with Crippen LogP contribution in [0.15, 0.2) is 108 Å². The number of nitrogens with two attached hydrogens (primary N) is 1. The van der Waals surface area contributed by atoms with Crippen molar-refractivity contribution in [1.29, 1.82) is 0 Å². The minimum atomic E-state index is 0.170. The van der Waals surface area contributed by atoms with Crippen LogP contribution in [-0.4, -0.2) is 99.4 Å². The Labute approximate surface area is 340 Å². The molecule has 8 nitrogen and oxygen atoms in total. The molecule has 10 heteroatoms. The highest BCUT2D eigenvalue weighted by Gasteiger charge is 2.18. The van der Waals surface area contributed by atoms with Crippen LogP contribution in [0, 0.1) is 5.92 Å². The third kappa shape index (κ3) is 17.1. The summed E-state index contributed by atoms with van der Waals surface area (Å²) in [6, 6.07) is 12.8. The van der Waals surface area contributed by atoms with E-state index in [2.05, 4.69) is 129 Å². The van der Waals surface area contributed by atoms with Crippen molar-refractivity contribution < 1.29 is 19.5 Å². The van der Waals surface area contributed by atoms with Crippen molar-refractivity contribution in [3.8, 4) is 0 Å². The van der Waals surface area contributed by atoms with Gasteiger partial charge in [0, 0.05) is 108 Å². The second-order valence-electron chi connectivity index (χ2n) is 14.3. The molecule has 1 aliphatic rings. The topological polar surface area (TPSA) is 67.6 Å². The SMILES string of the molecule is CC=C(C=C[NH2+]C)C=CC1=CC=C(N(C)CCCN(C)C(=O)CCSSCCC(=O)N(C)CCCN(C)c2ccc(C=Cc3cc[n+](C)cc3)cc2)C(C)C1. The number of anilines is 1. The highest BCUT2D eigenvalue weighted by molar-refractivity contribution is 8.76. The third-order valence-electron chi connectivity index (χ3n) is 9.77. The number of carbonyl (C=O) groups excluding carboxylic acids is 2. The van der Waals surface area contributed by atoms with Crippen molar-refractivity contribution in [3.63, 3.8) is 0 Å². The highest BCUT2D eigenvalue weighted by Crippen LogP contribution is 2.28. The average Bonchev–Trinajstić information content (AvgIpc) is 3.18. The standard InChI is InChI=1S/C45H65N6O2S2/c1-9-38(22-27-46-3)12-15-41-18-21-43(37(2)36-41)49(6)29-11-31-51(8)45(53)26-35-55-54-34-25-44(52)50(7)30-10-28-48(5)42-19-16-39(17-20-42)13-14-40-23-32-47(4)33-24-40/h9,12-24,27,32-33,37,46H,10-11,25-26,28-31,34-36H2,1-8H3/q+1/p+1. The molecule has 0 aliphatic heterocycles. The summed E-state index contributed by atoms with van der Waals surface area (Å²) in [5.74, 6) is 2.31. The second kappa shape index (κ2) is 25.2. The molecule has 1 unspecified atom stereocenters. The Bertz CT molecular complexity index is 1660. The molecule has 0 fully saturated rings. The van der Waals surface area contributed by atoms with Crippen molar-refractivity contribution in [2.75, 3.05) is 77.8 Å². The fourth-order valence-electron chi connectivity index (χ4n) is 6.18. The molecular formula is C45H66N6O2S2+2. The molecule has 0 radical (unpaired) electrons. The summed E-state index contributed by atoms with van der Waals surface area (Å²) in [7, 11) is 15.5. The summed E-state index contributed by atoms with van der Waals surface area (Å²) in [5, 5.41) is 2.04. The number of quaternary nitrogens is 1. The van der Waals surface area contributed by atoms with Gasteiger partial charge >= 0.3 is 0 Å². The maximum absolute atomic E-state index is 12.8. The van der Waals surface area contributed by atoms with Gasteiger partial charge in [-0.1, -0.05) is 77.1 Å². The zero-order chi connectivity index (χ0) is 40.0. The Hall–Kier alpha value is -3.99. The van der Waals surface area contributed by atoms with Gasteiger partial charge in [-0.2, -0.15) is 0 Å². The Morgan fingerprint density at radius 1 is 0.782 bits per heavy atom. The van der Waals surface area contributed by atoms with Gasteiger partial charge in [-0.15, -0.1) is 0 Å². The van der Waals surface area contributed by atoms with Gasteiger partial charge in [0.1, 0.15) is 7.05 Å². The zero-order valence-electron chi connectivity index (χ0n) is 34.6. The molecule has 0 bridgehead atoms. The van der Waals surface area contributed by atoms with E-state index in [4.69, 9.17) is 0 Å². The molecule has 1 aromatic heterocycles. The predicted octanol–water partition coefficient (Wildman–Crippen LogP) is 6.97. The van der Waals surface area contributed by atoms with Gasteiger partial charge < -0.3 is 24.9 Å². The van der Waals surface area contributed by atoms with Crippen LogP contribution in [0.3, 0.4) is 0 Å². The number of benzene rings is 1. The van der Waals surface area contributed by atoms with Crippen molar-refractivity contribution in [1.82, 2.24) is 14.7 Å². The quantitative estimate of drug-likeness (QED) is 0.0569. The van der Waals surface area contributed by atoms with E-state index in [0.717, 1.165) is 62.5 Å². The van der Waals surface area contributed by atoms with Crippen LogP contribution in [0.4, 0.5) is 5.69 Å². The first-order valence-electron chi connectivity index (χ1n) is 19.6. The molecule has 1 aromatic carbocycles. The van der Waals surface area contributed by atoms with Crippen LogP contribution in [-0.2, 0) is 16.6 Å². The average molecular weight is 787 g/mol. The smallest absolute Gasteiger partial charge is 0.223 e. The van der Waals surface area contributed by atoms with Gasteiger partial charge in [-0.05, 0) is 72.7 Å². The molecule has 1 aliphatic carbocycles. The lowest BCUT2D eigenvalue weighted by Gasteiger charge is -2.30. The molecule has 2 amide bonds. The molecule has 55 heavy (non-hydrogen) atoms. The highest BCUT2D eigenvalue weighted by atomic mass is 33.1. The molecule has 3 rings (SSSR count). The first kappa shape index (κ1) is 45.4. The Balaban J connectivity index is 1.24. The number of aryl methyl sites for hydroxylation is 1. The van der Waals surface area contributed by atoms with E-state index in [1.54, 1.807) is 21.6 Å². The van der Waals surface area contributed by atoms with Gasteiger partial charge in [-0.3, -0.25) is 9.59 Å². The summed E-state index contributed by atoms with van der Waals surface area (Å²) >= 11 is 0. The lowest BCUT2D eigenvalue weighted by atomic mass is 9.91. The third-order valence-corrected chi connectivity index (χ3v) is 12.2. The van der Waals surface area contributed by atoms with E-state index in [-0.39, 0.29) is 11.8 Å². The largest absolute Gasteiger partial charge is 0.378 e. The number of carbonyl (C=O) groups is 2. The van der Waals surface area contributed by atoms with Crippen molar-refractivity contribution in [2.24, 2.45) is 13.0 Å². The molecule has 1 heterocycles. The van der Waals surface area contributed by atoms with Crippen LogP contribution in [0.2, 0.25) is 0 Å². The Kier molecular flexibility index (Phi) is 20.8. The number of hydrogen-bond donors (Lipinski definition) is 1. The zero-order valence-corrected chi connectivity index (χ0v) is 36.2. The number of pyridine rings is 1. The Morgan fingerprint density at radius 2 is 1.35 bits per heavy atom. The fourth-order valence-corrected chi connectivity index (χ4v) is 8.14. The molecule has 1 atom stereocenters. The molecule has 2 aromatic rings. The summed E-state index contributed by atoms with van der Waals surface area (Å²) in [5.41, 5.74) is 7.40. The summed E-state index contributed by atoms with van der Waals surface area (Å²) in [6.45, 7) is 7.62. The number of aromatic nitrogens is 1. The minimum Gasteiger partial charge on any atom is -0.378 e. The van der Waals surface area contributed by atoms with Crippen molar-refractivity contribution in [2.45, 2.75) is 46.0 Å². The maximum atomic E-state index is 12.8. The van der Waals surface area contributed by atoms with Crippen LogP contribution in [0.1, 0.15) is 57.1 Å². The van der Waals surface area contributed by atoms with Crippen LogP contribution in [0.25, 0.3) is 12.2 Å². The van der Waals surface area contributed by atoms with E-state index in [0.29, 0.717) is 18.8 Å². The number of allylic oxidation sites excluding steroid dienone is 9. The molecule has 2 N–H and O–H groups in total. The number of amides is 2. The van der Waals surface area contributed by atoms with Crippen molar-refractivity contribution >= 4 is 51.2 Å². The summed E-state index contributed by atoms with van der Waals surface area (Å²) < 4.78 is 2.03. The van der Waals surface area contributed by atoms with Gasteiger partial charge in [0.25, 0.3) is 0 Å². The molecule has 0 saturated carbocycles. The summed E-state index contributed by atoms with van der Waals surface area (Å²) in [4.78, 5) is 33.7. The van der Waals surface area contributed by atoms with E-state index >= 15 is 0 Å². The number of nitrogens with zero attached hydrogens (tertiary/aromatic N) is 5. The van der Waals surface area contributed by atoms with E-state index < -0.39 is 0 Å². The minimum absolute atomic E-state index is 0.170.